The van der Waals surface area contributed by atoms with Crippen molar-refractivity contribution < 1.29 is 0 Å². The summed E-state index contributed by atoms with van der Waals surface area (Å²) >= 11 is 6.28. The van der Waals surface area contributed by atoms with Gasteiger partial charge in [0.2, 0.25) is 0 Å². The van der Waals surface area contributed by atoms with Crippen LogP contribution < -0.4 is 5.32 Å². The number of alkyl halides is 1. The molecule has 0 aromatic heterocycles. The number of rotatable bonds is 3. The minimum atomic E-state index is 0.173. The lowest BCUT2D eigenvalue weighted by Gasteiger charge is -2.15. The molecule has 0 saturated heterocycles. The molecule has 0 bridgehead atoms. The second-order valence-corrected chi connectivity index (χ2v) is 4.15. The molecule has 2 heteroatoms. The highest BCUT2D eigenvalue weighted by atomic mass is 35.5. The van der Waals surface area contributed by atoms with Crippen LogP contribution in [0.3, 0.4) is 0 Å². The van der Waals surface area contributed by atoms with E-state index < -0.39 is 0 Å². The van der Waals surface area contributed by atoms with Crippen LogP contribution >= 0.6 is 11.6 Å². The molecule has 74 valence electrons. The van der Waals surface area contributed by atoms with Gasteiger partial charge in [-0.2, -0.15) is 0 Å². The van der Waals surface area contributed by atoms with Crippen LogP contribution in [0.4, 0.5) is 0 Å². The molecule has 0 spiro atoms. The van der Waals surface area contributed by atoms with Crippen molar-refractivity contribution in [3.05, 3.63) is 48.0 Å². The fourth-order valence-electron chi connectivity index (χ4n) is 1.99. The van der Waals surface area contributed by atoms with Gasteiger partial charge in [-0.05, 0) is 17.5 Å². The lowest BCUT2D eigenvalue weighted by Crippen LogP contribution is -2.25. The van der Waals surface area contributed by atoms with Gasteiger partial charge in [-0.15, -0.1) is 18.2 Å². The van der Waals surface area contributed by atoms with E-state index in [1.165, 1.54) is 11.1 Å². The molecule has 1 aliphatic carbocycles. The molecule has 1 N–H and O–H groups in total. The molecule has 14 heavy (non-hydrogen) atoms. The van der Waals surface area contributed by atoms with Crippen molar-refractivity contribution in [3.8, 4) is 0 Å². The third-order valence-electron chi connectivity index (χ3n) is 2.65. The second-order valence-electron chi connectivity index (χ2n) is 3.59. The summed E-state index contributed by atoms with van der Waals surface area (Å²) in [6, 6.07) is 8.72. The van der Waals surface area contributed by atoms with E-state index in [1.54, 1.807) is 0 Å². The average Bonchev–Trinajstić information content (AvgIpc) is 2.51. The SMILES string of the molecule is C=CCN[C@@H]1c2ccccc2CC1Cl. The van der Waals surface area contributed by atoms with Crippen molar-refractivity contribution in [1.82, 2.24) is 5.32 Å². The van der Waals surface area contributed by atoms with E-state index in [0.29, 0.717) is 0 Å². The Kier molecular flexibility index (Phi) is 2.90. The van der Waals surface area contributed by atoms with Gasteiger partial charge in [0.15, 0.2) is 0 Å². The molecular formula is C12H14ClN. The van der Waals surface area contributed by atoms with Gasteiger partial charge in [0.1, 0.15) is 0 Å². The first-order chi connectivity index (χ1) is 6.83. The first-order valence-electron chi connectivity index (χ1n) is 4.89. The molecule has 1 unspecified atom stereocenters. The summed E-state index contributed by atoms with van der Waals surface area (Å²) in [7, 11) is 0. The van der Waals surface area contributed by atoms with Gasteiger partial charge >= 0.3 is 0 Å². The quantitative estimate of drug-likeness (QED) is 0.594. The van der Waals surface area contributed by atoms with E-state index in [2.05, 4.69) is 36.2 Å². The fourth-order valence-corrected chi connectivity index (χ4v) is 2.39. The Morgan fingerprint density at radius 1 is 1.50 bits per heavy atom. The molecule has 1 aromatic carbocycles. The van der Waals surface area contributed by atoms with E-state index in [0.717, 1.165) is 13.0 Å². The highest BCUT2D eigenvalue weighted by Gasteiger charge is 2.29. The molecule has 0 heterocycles. The topological polar surface area (TPSA) is 12.0 Å². The minimum Gasteiger partial charge on any atom is -0.305 e. The highest BCUT2D eigenvalue weighted by molar-refractivity contribution is 6.21. The van der Waals surface area contributed by atoms with Crippen molar-refractivity contribution in [2.45, 2.75) is 17.8 Å². The Morgan fingerprint density at radius 2 is 2.29 bits per heavy atom. The maximum Gasteiger partial charge on any atom is 0.0571 e. The third kappa shape index (κ3) is 1.70. The first kappa shape index (κ1) is 9.75. The summed E-state index contributed by atoms with van der Waals surface area (Å²) in [5.74, 6) is 0. The highest BCUT2D eigenvalue weighted by Crippen LogP contribution is 2.34. The van der Waals surface area contributed by atoms with Crippen LogP contribution in [0.15, 0.2) is 36.9 Å². The van der Waals surface area contributed by atoms with E-state index in [1.807, 2.05) is 6.08 Å². The monoisotopic (exact) mass is 207 g/mol. The Balaban J connectivity index is 2.21. The Bertz CT molecular complexity index is 335. The van der Waals surface area contributed by atoms with Crippen molar-refractivity contribution in [2.24, 2.45) is 0 Å². The van der Waals surface area contributed by atoms with Gasteiger partial charge in [-0.25, -0.2) is 0 Å². The van der Waals surface area contributed by atoms with Gasteiger partial charge in [-0.1, -0.05) is 30.3 Å². The molecule has 0 aliphatic heterocycles. The minimum absolute atomic E-state index is 0.173. The number of benzene rings is 1. The van der Waals surface area contributed by atoms with E-state index in [-0.39, 0.29) is 11.4 Å². The summed E-state index contributed by atoms with van der Waals surface area (Å²) in [5, 5.41) is 3.56. The van der Waals surface area contributed by atoms with E-state index in [4.69, 9.17) is 11.6 Å². The predicted octanol–water partition coefficient (Wildman–Crippen LogP) is 2.67. The van der Waals surface area contributed by atoms with Gasteiger partial charge in [-0.3, -0.25) is 0 Å². The first-order valence-corrected chi connectivity index (χ1v) is 5.32. The lowest BCUT2D eigenvalue weighted by atomic mass is 10.1. The maximum atomic E-state index is 6.28. The molecule has 0 fully saturated rings. The van der Waals surface area contributed by atoms with E-state index in [9.17, 15) is 0 Å². The van der Waals surface area contributed by atoms with E-state index >= 15 is 0 Å². The van der Waals surface area contributed by atoms with Crippen molar-refractivity contribution >= 4 is 11.6 Å². The van der Waals surface area contributed by atoms with Crippen LogP contribution in [0, 0.1) is 0 Å². The smallest absolute Gasteiger partial charge is 0.0571 e. The number of halogens is 1. The molecule has 2 atom stereocenters. The number of fused-ring (bicyclic) bond motifs is 1. The second kappa shape index (κ2) is 4.16. The van der Waals surface area contributed by atoms with Crippen LogP contribution in [0.25, 0.3) is 0 Å². The zero-order chi connectivity index (χ0) is 9.97. The predicted molar refractivity (Wildman–Crippen MR) is 60.7 cm³/mol. The third-order valence-corrected chi connectivity index (χ3v) is 3.06. The normalized spacial score (nSPS) is 24.6. The molecule has 1 aromatic rings. The molecular weight excluding hydrogens is 194 g/mol. The zero-order valence-corrected chi connectivity index (χ0v) is 8.80. The summed E-state index contributed by atoms with van der Waals surface area (Å²) in [4.78, 5) is 0. The maximum absolute atomic E-state index is 6.28. The Hall–Kier alpha value is -0.790. The molecule has 0 amide bonds. The zero-order valence-electron chi connectivity index (χ0n) is 8.04. The van der Waals surface area contributed by atoms with Gasteiger partial charge in [0, 0.05) is 12.6 Å². The van der Waals surface area contributed by atoms with Gasteiger partial charge in [0.25, 0.3) is 0 Å². The summed E-state index contributed by atoms with van der Waals surface area (Å²) in [6.07, 6.45) is 2.83. The standard InChI is InChI=1S/C12H14ClN/c1-2-7-14-12-10-6-4-3-5-9(10)8-11(12)13/h2-6,11-12,14H,1,7-8H2/t11?,12-/m1/s1. The van der Waals surface area contributed by atoms with Crippen LogP contribution in [0.5, 0.6) is 0 Å². The molecule has 1 nitrogen and oxygen atoms in total. The van der Waals surface area contributed by atoms with Crippen LogP contribution in [0.2, 0.25) is 0 Å². The number of hydrogen-bond acceptors (Lipinski definition) is 1. The molecule has 0 saturated carbocycles. The fraction of sp³-hybridized carbons (Fsp3) is 0.333. The largest absolute Gasteiger partial charge is 0.305 e. The summed E-state index contributed by atoms with van der Waals surface area (Å²) in [6.45, 7) is 4.50. The van der Waals surface area contributed by atoms with Crippen molar-refractivity contribution in [1.29, 1.82) is 0 Å². The lowest BCUT2D eigenvalue weighted by molar-refractivity contribution is 0.571. The Morgan fingerprint density at radius 3 is 3.07 bits per heavy atom. The Labute approximate surface area is 89.8 Å². The van der Waals surface area contributed by atoms with Gasteiger partial charge < -0.3 is 5.32 Å². The molecule has 0 radical (unpaired) electrons. The average molecular weight is 208 g/mol. The summed E-state index contributed by atoms with van der Waals surface area (Å²) < 4.78 is 0. The number of nitrogens with one attached hydrogen (secondary N) is 1. The summed E-state index contributed by atoms with van der Waals surface area (Å²) in [5.41, 5.74) is 2.71. The number of hydrogen-bond donors (Lipinski definition) is 1. The van der Waals surface area contributed by atoms with Crippen molar-refractivity contribution in [2.75, 3.05) is 6.54 Å². The van der Waals surface area contributed by atoms with Gasteiger partial charge in [0.05, 0.1) is 5.38 Å². The van der Waals surface area contributed by atoms with Crippen LogP contribution in [-0.4, -0.2) is 11.9 Å². The molecule has 2 rings (SSSR count). The van der Waals surface area contributed by atoms with Crippen LogP contribution in [0.1, 0.15) is 17.2 Å². The van der Waals surface area contributed by atoms with Crippen molar-refractivity contribution in [3.63, 3.8) is 0 Å². The van der Waals surface area contributed by atoms with Crippen LogP contribution in [-0.2, 0) is 6.42 Å². The molecule has 1 aliphatic rings.